The van der Waals surface area contributed by atoms with Crippen molar-refractivity contribution in [3.8, 4) is 5.69 Å². The summed E-state index contributed by atoms with van der Waals surface area (Å²) in [7, 11) is -3.61. The van der Waals surface area contributed by atoms with E-state index in [1.54, 1.807) is 41.3 Å². The Hall–Kier alpha value is -3.31. The summed E-state index contributed by atoms with van der Waals surface area (Å²) >= 11 is 0. The summed E-state index contributed by atoms with van der Waals surface area (Å²) in [6, 6.07) is 14.2. The third-order valence-corrected chi connectivity index (χ3v) is 8.12. The van der Waals surface area contributed by atoms with Crippen LogP contribution in [-0.2, 0) is 34.2 Å². The lowest BCUT2D eigenvalue weighted by Gasteiger charge is -2.34. The SMILES string of the molecule is O=C(Cn1nnn(-c2ccccc2)c1=O)N1CCN(S(=O)(=O)c2ccc3c(c2)CCC3)CC1. The highest BCUT2D eigenvalue weighted by Gasteiger charge is 2.31. The van der Waals surface area contributed by atoms with Crippen molar-refractivity contribution in [1.82, 2.24) is 29.0 Å². The minimum absolute atomic E-state index is 0.205. The highest BCUT2D eigenvalue weighted by atomic mass is 32.2. The first-order valence-electron chi connectivity index (χ1n) is 10.9. The van der Waals surface area contributed by atoms with E-state index in [9.17, 15) is 18.0 Å². The van der Waals surface area contributed by atoms with E-state index in [4.69, 9.17) is 0 Å². The molecule has 0 radical (unpaired) electrons. The van der Waals surface area contributed by atoms with Crippen LogP contribution < -0.4 is 5.69 Å². The number of tetrazole rings is 1. The van der Waals surface area contributed by atoms with Crippen molar-refractivity contribution in [3.63, 3.8) is 0 Å². The Morgan fingerprint density at radius 1 is 0.909 bits per heavy atom. The van der Waals surface area contributed by atoms with Crippen LogP contribution in [0.1, 0.15) is 17.5 Å². The van der Waals surface area contributed by atoms with Crippen molar-refractivity contribution in [1.29, 1.82) is 0 Å². The minimum Gasteiger partial charge on any atom is -0.338 e. The average molecular weight is 469 g/mol. The van der Waals surface area contributed by atoms with Crippen molar-refractivity contribution >= 4 is 15.9 Å². The predicted octanol–water partition coefficient (Wildman–Crippen LogP) is 0.451. The lowest BCUT2D eigenvalue weighted by Crippen LogP contribution is -2.51. The smallest absolute Gasteiger partial charge is 0.338 e. The normalized spacial score (nSPS) is 16.7. The second kappa shape index (κ2) is 8.56. The first-order valence-corrected chi connectivity index (χ1v) is 12.4. The second-order valence-corrected chi connectivity index (χ2v) is 10.2. The van der Waals surface area contributed by atoms with Crippen molar-refractivity contribution < 1.29 is 13.2 Å². The van der Waals surface area contributed by atoms with E-state index >= 15 is 0 Å². The maximum absolute atomic E-state index is 13.1. The number of carbonyl (C=O) groups excluding carboxylic acids is 1. The highest BCUT2D eigenvalue weighted by Crippen LogP contribution is 2.26. The molecule has 2 heterocycles. The zero-order valence-corrected chi connectivity index (χ0v) is 18.8. The molecule has 1 saturated heterocycles. The van der Waals surface area contributed by atoms with Gasteiger partial charge in [-0.3, -0.25) is 4.79 Å². The van der Waals surface area contributed by atoms with Gasteiger partial charge in [0, 0.05) is 26.2 Å². The molecular weight excluding hydrogens is 444 g/mol. The molecule has 0 atom stereocenters. The maximum Gasteiger partial charge on any atom is 0.368 e. The summed E-state index contributed by atoms with van der Waals surface area (Å²) in [5, 5.41) is 7.66. The first kappa shape index (κ1) is 21.5. The van der Waals surface area contributed by atoms with Crippen molar-refractivity contribution in [3.05, 3.63) is 70.1 Å². The minimum atomic E-state index is -3.61. The van der Waals surface area contributed by atoms with Crippen LogP contribution in [0.5, 0.6) is 0 Å². The van der Waals surface area contributed by atoms with Gasteiger partial charge in [0.25, 0.3) is 0 Å². The third-order valence-electron chi connectivity index (χ3n) is 6.22. The molecule has 3 aromatic rings. The third kappa shape index (κ3) is 4.09. The zero-order chi connectivity index (χ0) is 23.0. The number of sulfonamides is 1. The van der Waals surface area contributed by atoms with Crippen LogP contribution in [0.2, 0.25) is 0 Å². The van der Waals surface area contributed by atoms with Gasteiger partial charge in [-0.05, 0) is 65.1 Å². The van der Waals surface area contributed by atoms with Crippen LogP contribution >= 0.6 is 0 Å². The maximum atomic E-state index is 13.1. The van der Waals surface area contributed by atoms with E-state index < -0.39 is 15.7 Å². The zero-order valence-electron chi connectivity index (χ0n) is 18.0. The first-order chi connectivity index (χ1) is 15.9. The van der Waals surface area contributed by atoms with Gasteiger partial charge in [-0.15, -0.1) is 0 Å². The molecule has 0 bridgehead atoms. The molecule has 33 heavy (non-hydrogen) atoms. The van der Waals surface area contributed by atoms with E-state index in [0.29, 0.717) is 10.6 Å². The van der Waals surface area contributed by atoms with Gasteiger partial charge in [0.2, 0.25) is 15.9 Å². The van der Waals surface area contributed by atoms with Gasteiger partial charge in [-0.2, -0.15) is 13.7 Å². The van der Waals surface area contributed by atoms with E-state index in [1.165, 1.54) is 9.87 Å². The number of hydrogen-bond donors (Lipinski definition) is 0. The lowest BCUT2D eigenvalue weighted by molar-refractivity contribution is -0.133. The van der Waals surface area contributed by atoms with Crippen LogP contribution in [0.4, 0.5) is 0 Å². The standard InChI is InChI=1S/C22H24N6O4S/c29-21(16-27-22(30)28(24-23-27)19-7-2-1-3-8-19)25-11-13-26(14-12-25)33(31,32)20-10-9-17-5-4-6-18(17)15-20/h1-3,7-10,15H,4-6,11-14,16H2. The average Bonchev–Trinajstić information content (AvgIpc) is 3.46. The summed E-state index contributed by atoms with van der Waals surface area (Å²) in [5.41, 5.74) is 2.39. The molecule has 0 unspecified atom stereocenters. The number of piperazine rings is 1. The Balaban J connectivity index is 1.23. The lowest BCUT2D eigenvalue weighted by atomic mass is 10.1. The molecule has 0 spiro atoms. The number of carbonyl (C=O) groups is 1. The van der Waals surface area contributed by atoms with Crippen LogP contribution in [0.15, 0.2) is 58.2 Å². The summed E-state index contributed by atoms with van der Waals surface area (Å²) in [5.74, 6) is -0.299. The van der Waals surface area contributed by atoms with E-state index in [-0.39, 0.29) is 38.6 Å². The highest BCUT2D eigenvalue weighted by molar-refractivity contribution is 7.89. The largest absolute Gasteiger partial charge is 0.368 e. The predicted molar refractivity (Wildman–Crippen MR) is 119 cm³/mol. The topological polar surface area (TPSA) is 110 Å². The number of benzene rings is 2. The fraction of sp³-hybridized carbons (Fsp3) is 0.364. The van der Waals surface area contributed by atoms with Crippen molar-refractivity contribution in [2.24, 2.45) is 0 Å². The summed E-state index contributed by atoms with van der Waals surface area (Å²) < 4.78 is 29.8. The molecule has 5 rings (SSSR count). The number of aryl methyl sites for hydroxylation is 2. The number of para-hydroxylation sites is 1. The van der Waals surface area contributed by atoms with Gasteiger partial charge in [-0.25, -0.2) is 13.2 Å². The fourth-order valence-electron chi connectivity index (χ4n) is 4.37. The Bertz CT molecular complexity index is 1340. The molecule has 1 aliphatic heterocycles. The van der Waals surface area contributed by atoms with Crippen LogP contribution in [0.25, 0.3) is 5.69 Å². The summed E-state index contributed by atoms with van der Waals surface area (Å²) in [6.45, 7) is 0.673. The van der Waals surface area contributed by atoms with Gasteiger partial charge < -0.3 is 4.90 Å². The van der Waals surface area contributed by atoms with Gasteiger partial charge in [-0.1, -0.05) is 24.3 Å². The molecule has 1 aromatic heterocycles. The van der Waals surface area contributed by atoms with Crippen LogP contribution in [0, 0.1) is 0 Å². The van der Waals surface area contributed by atoms with Crippen molar-refractivity contribution in [2.75, 3.05) is 26.2 Å². The van der Waals surface area contributed by atoms with Gasteiger partial charge >= 0.3 is 5.69 Å². The summed E-state index contributed by atoms with van der Waals surface area (Å²) in [6.07, 6.45) is 2.97. The molecular formula is C22H24N6O4S. The van der Waals surface area contributed by atoms with E-state index in [2.05, 4.69) is 10.4 Å². The monoisotopic (exact) mass is 468 g/mol. The van der Waals surface area contributed by atoms with Gasteiger partial charge in [0.15, 0.2) is 0 Å². The number of hydrogen-bond acceptors (Lipinski definition) is 6. The fourth-order valence-corrected chi connectivity index (χ4v) is 5.84. The molecule has 11 heteroatoms. The quantitative estimate of drug-likeness (QED) is 0.538. The number of fused-ring (bicyclic) bond motifs is 1. The second-order valence-electron chi connectivity index (χ2n) is 8.24. The number of nitrogens with zero attached hydrogens (tertiary/aromatic N) is 6. The molecule has 0 saturated carbocycles. The van der Waals surface area contributed by atoms with Gasteiger partial charge in [0.05, 0.1) is 10.6 Å². The van der Waals surface area contributed by atoms with E-state index in [0.717, 1.165) is 34.2 Å². The number of rotatable bonds is 5. The molecule has 1 amide bonds. The Kier molecular flexibility index (Phi) is 5.59. The molecule has 172 valence electrons. The van der Waals surface area contributed by atoms with Gasteiger partial charge in [0.1, 0.15) is 6.54 Å². The Labute approximate surface area is 191 Å². The molecule has 1 fully saturated rings. The molecule has 0 N–H and O–H groups in total. The summed E-state index contributed by atoms with van der Waals surface area (Å²) in [4.78, 5) is 27.2. The Morgan fingerprint density at radius 2 is 1.64 bits per heavy atom. The Morgan fingerprint density at radius 3 is 2.39 bits per heavy atom. The molecule has 2 aliphatic rings. The number of amides is 1. The molecule has 10 nitrogen and oxygen atoms in total. The number of aromatic nitrogens is 4. The molecule has 1 aliphatic carbocycles. The van der Waals surface area contributed by atoms with Crippen molar-refractivity contribution in [2.45, 2.75) is 30.7 Å². The van der Waals surface area contributed by atoms with Crippen LogP contribution in [0.3, 0.4) is 0 Å². The van der Waals surface area contributed by atoms with Crippen LogP contribution in [-0.4, -0.2) is 69.5 Å². The van der Waals surface area contributed by atoms with E-state index in [1.807, 2.05) is 12.1 Å². The molecule has 2 aromatic carbocycles.